The molecule has 3 aromatic rings. The van der Waals surface area contributed by atoms with Crippen molar-refractivity contribution in [2.24, 2.45) is 0 Å². The van der Waals surface area contributed by atoms with Gasteiger partial charge in [0, 0.05) is 35.5 Å². The number of ether oxygens (including phenoxy) is 1. The van der Waals surface area contributed by atoms with E-state index in [1.807, 2.05) is 25.1 Å². The molecule has 0 radical (unpaired) electrons. The van der Waals surface area contributed by atoms with E-state index in [0.29, 0.717) is 18.5 Å². The molecule has 0 aliphatic carbocycles. The first kappa shape index (κ1) is 21.8. The molecule has 1 atom stereocenters. The van der Waals surface area contributed by atoms with E-state index in [1.54, 1.807) is 0 Å². The van der Waals surface area contributed by atoms with E-state index in [0.717, 1.165) is 53.8 Å². The maximum atomic E-state index is 12.5. The molecule has 170 valence electrons. The van der Waals surface area contributed by atoms with E-state index in [4.69, 9.17) is 4.74 Å². The van der Waals surface area contributed by atoms with Crippen molar-refractivity contribution in [3.63, 3.8) is 0 Å². The first-order valence-corrected chi connectivity index (χ1v) is 11.9. The van der Waals surface area contributed by atoms with Crippen LogP contribution in [-0.4, -0.2) is 40.1 Å². The van der Waals surface area contributed by atoms with Gasteiger partial charge in [0.05, 0.1) is 0 Å². The first-order valence-electron chi connectivity index (χ1n) is 11.1. The number of aromatic nitrogens is 3. The summed E-state index contributed by atoms with van der Waals surface area (Å²) < 4.78 is 6.59. The fourth-order valence-corrected chi connectivity index (χ4v) is 4.63. The molecule has 2 aromatic carbocycles. The van der Waals surface area contributed by atoms with Crippen molar-refractivity contribution < 1.29 is 9.53 Å². The van der Waals surface area contributed by atoms with Crippen LogP contribution in [-0.2, 0) is 22.5 Å². The number of nitrogens with one attached hydrogen (secondary N) is 2. The summed E-state index contributed by atoms with van der Waals surface area (Å²) in [5, 5.41) is 6.27. The van der Waals surface area contributed by atoms with Gasteiger partial charge in [-0.3, -0.25) is 4.79 Å². The van der Waals surface area contributed by atoms with Crippen molar-refractivity contribution in [2.45, 2.75) is 38.8 Å². The molecule has 2 aliphatic rings. The highest BCUT2D eigenvalue weighted by Gasteiger charge is 2.24. The van der Waals surface area contributed by atoms with E-state index < -0.39 is 0 Å². The molecule has 1 aromatic heterocycles. The number of anilines is 4. The number of halogens is 1. The van der Waals surface area contributed by atoms with E-state index in [-0.39, 0.29) is 12.0 Å². The van der Waals surface area contributed by atoms with Gasteiger partial charge in [0.2, 0.25) is 11.9 Å². The monoisotopic (exact) mass is 508 g/mol. The van der Waals surface area contributed by atoms with Gasteiger partial charge in [0.15, 0.2) is 0 Å². The average molecular weight is 509 g/mol. The van der Waals surface area contributed by atoms with E-state index >= 15 is 0 Å². The van der Waals surface area contributed by atoms with Crippen molar-refractivity contribution in [1.29, 1.82) is 0 Å². The number of carbonyl (C=O) groups is 1. The van der Waals surface area contributed by atoms with E-state index in [9.17, 15) is 4.79 Å². The lowest BCUT2D eigenvalue weighted by Crippen LogP contribution is -2.32. The summed E-state index contributed by atoms with van der Waals surface area (Å²) in [5.41, 5.74) is 5.11. The molecule has 5 rings (SSSR count). The summed E-state index contributed by atoms with van der Waals surface area (Å²) in [7, 11) is 0. The smallest absolute Gasteiger partial charge is 0.253 e. The van der Waals surface area contributed by atoms with Gasteiger partial charge < -0.3 is 20.3 Å². The summed E-state index contributed by atoms with van der Waals surface area (Å²) in [6.45, 7) is 4.20. The second-order valence-electron chi connectivity index (χ2n) is 8.29. The van der Waals surface area contributed by atoms with Crippen LogP contribution in [0.15, 0.2) is 47.2 Å². The van der Waals surface area contributed by atoms with Crippen LogP contribution in [0, 0.1) is 6.92 Å². The van der Waals surface area contributed by atoms with Crippen molar-refractivity contribution in [3.8, 4) is 0 Å². The Kier molecular flexibility index (Phi) is 6.24. The molecule has 0 bridgehead atoms. The van der Waals surface area contributed by atoms with Gasteiger partial charge in [-0.1, -0.05) is 28.1 Å². The minimum Gasteiger partial charge on any atom is -0.368 e. The summed E-state index contributed by atoms with van der Waals surface area (Å²) in [4.78, 5) is 28.0. The van der Waals surface area contributed by atoms with Gasteiger partial charge in [0.1, 0.15) is 12.4 Å². The van der Waals surface area contributed by atoms with E-state index in [1.165, 1.54) is 17.5 Å². The maximum absolute atomic E-state index is 12.5. The zero-order chi connectivity index (χ0) is 22.8. The normalized spacial score (nSPS) is 17.5. The van der Waals surface area contributed by atoms with Crippen molar-refractivity contribution in [1.82, 2.24) is 15.0 Å². The third-order valence-corrected chi connectivity index (χ3v) is 6.58. The Morgan fingerprint density at radius 1 is 1.18 bits per heavy atom. The van der Waals surface area contributed by atoms with Crippen LogP contribution in [0.3, 0.4) is 0 Å². The summed E-state index contributed by atoms with van der Waals surface area (Å²) in [5.74, 6) is 1.00. The Bertz CT molecular complexity index is 1180. The summed E-state index contributed by atoms with van der Waals surface area (Å²) in [6, 6.07) is 12.1. The topological polar surface area (TPSA) is 92.3 Å². The average Bonchev–Trinajstić information content (AvgIpc) is 3.37. The van der Waals surface area contributed by atoms with Gasteiger partial charge in [-0.05, 0) is 67.1 Å². The summed E-state index contributed by atoms with van der Waals surface area (Å²) >= 11 is 3.55. The minimum absolute atomic E-state index is 0.104. The number of carbonyl (C=O) groups excluding carboxylic acids is 1. The number of hydrogen-bond acceptors (Lipinski definition) is 7. The maximum Gasteiger partial charge on any atom is 0.253 e. The van der Waals surface area contributed by atoms with Crippen molar-refractivity contribution >= 4 is 45.1 Å². The molecule has 0 unspecified atom stereocenters. The van der Waals surface area contributed by atoms with Crippen molar-refractivity contribution in [3.05, 3.63) is 63.9 Å². The Morgan fingerprint density at radius 2 is 2.06 bits per heavy atom. The highest BCUT2D eigenvalue weighted by Crippen LogP contribution is 2.28. The molecule has 1 fully saturated rings. The van der Waals surface area contributed by atoms with Gasteiger partial charge in [-0.25, -0.2) is 9.97 Å². The molecule has 33 heavy (non-hydrogen) atoms. The van der Waals surface area contributed by atoms with Crippen LogP contribution < -0.4 is 15.5 Å². The lowest BCUT2D eigenvalue weighted by Gasteiger charge is -2.29. The molecule has 2 aliphatic heterocycles. The van der Waals surface area contributed by atoms with Crippen LogP contribution >= 0.6 is 15.9 Å². The number of fused-ring (bicyclic) bond motifs is 1. The van der Waals surface area contributed by atoms with Crippen LogP contribution in [0.4, 0.5) is 23.3 Å². The largest absolute Gasteiger partial charge is 0.368 e. The number of nitrogens with zero attached hydrogens (tertiary/aromatic N) is 4. The second kappa shape index (κ2) is 9.44. The third-order valence-electron chi connectivity index (χ3n) is 6.08. The molecule has 0 spiro atoms. The highest BCUT2D eigenvalue weighted by molar-refractivity contribution is 9.10. The standard InChI is InChI=1S/C24H25BrN6O2/c1-15-19(28-22(32)21-6-3-11-33-21)4-2-5-20(15)29-23-26-14-27-24(30-23)31-10-9-16-12-18(25)8-7-17(16)13-31/h2,4-5,7-8,12,14,21H,3,6,9-11,13H2,1H3,(H,28,32)(H,26,27,29,30)/t21-/m0/s1. The Hall–Kier alpha value is -3.04. The molecule has 2 N–H and O–H groups in total. The Balaban J connectivity index is 1.31. The van der Waals surface area contributed by atoms with Gasteiger partial charge in [-0.2, -0.15) is 4.98 Å². The fraction of sp³-hybridized carbons (Fsp3) is 0.333. The third kappa shape index (κ3) is 4.84. The molecular formula is C24H25BrN6O2. The number of hydrogen-bond donors (Lipinski definition) is 2. The highest BCUT2D eigenvalue weighted by atomic mass is 79.9. The van der Waals surface area contributed by atoms with Crippen LogP contribution in [0.25, 0.3) is 0 Å². The lowest BCUT2D eigenvalue weighted by atomic mass is 10.0. The fourth-order valence-electron chi connectivity index (χ4n) is 4.22. The molecule has 9 heteroatoms. The molecule has 8 nitrogen and oxygen atoms in total. The molecule has 0 saturated carbocycles. The molecule has 1 amide bonds. The van der Waals surface area contributed by atoms with Gasteiger partial charge >= 0.3 is 0 Å². The van der Waals surface area contributed by atoms with Crippen molar-refractivity contribution in [2.75, 3.05) is 28.7 Å². The van der Waals surface area contributed by atoms with Gasteiger partial charge in [0.25, 0.3) is 5.91 Å². The predicted octanol–water partition coefficient (Wildman–Crippen LogP) is 4.37. The Labute approximate surface area is 200 Å². The first-order chi connectivity index (χ1) is 16.1. The SMILES string of the molecule is Cc1c(NC(=O)[C@@H]2CCCO2)cccc1Nc1ncnc(N2CCc3cc(Br)ccc3C2)n1. The van der Waals surface area contributed by atoms with Gasteiger partial charge in [-0.15, -0.1) is 0 Å². The number of amides is 1. The van der Waals surface area contributed by atoms with Crippen LogP contribution in [0.2, 0.25) is 0 Å². The lowest BCUT2D eigenvalue weighted by molar-refractivity contribution is -0.124. The number of rotatable bonds is 5. The van der Waals surface area contributed by atoms with Crippen LogP contribution in [0.1, 0.15) is 29.5 Å². The number of benzene rings is 2. The predicted molar refractivity (Wildman–Crippen MR) is 131 cm³/mol. The quantitative estimate of drug-likeness (QED) is 0.528. The van der Waals surface area contributed by atoms with E-state index in [2.05, 4.69) is 64.6 Å². The second-order valence-corrected chi connectivity index (χ2v) is 9.20. The molecule has 3 heterocycles. The van der Waals surface area contributed by atoms with Crippen LogP contribution in [0.5, 0.6) is 0 Å². The zero-order valence-electron chi connectivity index (χ0n) is 18.3. The zero-order valence-corrected chi connectivity index (χ0v) is 19.9. The molecular weight excluding hydrogens is 484 g/mol. The summed E-state index contributed by atoms with van der Waals surface area (Å²) in [6.07, 6.45) is 3.77. The minimum atomic E-state index is -0.372. The molecule has 1 saturated heterocycles. The Morgan fingerprint density at radius 3 is 2.91 bits per heavy atom.